The molecule has 1 saturated heterocycles. The molecule has 2 aromatic carbocycles. The number of hydrogen-bond acceptors (Lipinski definition) is 4. The van der Waals surface area contributed by atoms with Crippen LogP contribution in [0.1, 0.15) is 16.8 Å². The first-order valence-corrected chi connectivity index (χ1v) is 11.0. The zero-order valence-corrected chi connectivity index (χ0v) is 20.1. The Morgan fingerprint density at radius 3 is 2.44 bits per heavy atom. The van der Waals surface area contributed by atoms with Crippen molar-refractivity contribution < 1.29 is 14.3 Å². The highest BCUT2D eigenvalue weighted by atomic mass is 79.9. The molecule has 0 spiro atoms. The number of halogens is 1. The third kappa shape index (κ3) is 4.11. The standard InChI is InChI=1S/C24H20BrN3O3S/c1-14-10-17(25)4-9-21(14)28-23(30)20(22(29)26-24(28)32)12-16-11-15(2)27(13-16)18-5-7-19(31-3)8-6-18/h4-13H,1-3H3,(H,26,29,32)/b20-12-. The van der Waals surface area contributed by atoms with Gasteiger partial charge in [0.2, 0.25) is 0 Å². The van der Waals surface area contributed by atoms with Gasteiger partial charge in [-0.25, -0.2) is 0 Å². The van der Waals surface area contributed by atoms with Crippen molar-refractivity contribution in [3.05, 3.63) is 81.6 Å². The van der Waals surface area contributed by atoms with E-state index in [0.717, 1.165) is 32.7 Å². The van der Waals surface area contributed by atoms with E-state index in [2.05, 4.69) is 21.2 Å². The second-order valence-electron chi connectivity index (χ2n) is 7.37. The minimum absolute atomic E-state index is 0.0211. The third-order valence-electron chi connectivity index (χ3n) is 5.20. The van der Waals surface area contributed by atoms with E-state index >= 15 is 0 Å². The molecule has 0 atom stereocenters. The fraction of sp³-hybridized carbons (Fsp3) is 0.125. The molecule has 1 aliphatic rings. The molecule has 1 aromatic heterocycles. The van der Waals surface area contributed by atoms with E-state index in [-0.39, 0.29) is 10.7 Å². The predicted molar refractivity (Wildman–Crippen MR) is 132 cm³/mol. The van der Waals surface area contributed by atoms with Crippen LogP contribution in [0, 0.1) is 13.8 Å². The molecular formula is C24H20BrN3O3S. The fourth-order valence-corrected chi connectivity index (χ4v) is 4.36. The van der Waals surface area contributed by atoms with Gasteiger partial charge in [-0.05, 0) is 91.8 Å². The average molecular weight is 510 g/mol. The lowest BCUT2D eigenvalue weighted by Gasteiger charge is -2.30. The van der Waals surface area contributed by atoms with Crippen molar-refractivity contribution in [2.75, 3.05) is 12.0 Å². The van der Waals surface area contributed by atoms with Gasteiger partial charge in [0, 0.05) is 22.1 Å². The van der Waals surface area contributed by atoms with E-state index in [1.165, 1.54) is 4.90 Å². The smallest absolute Gasteiger partial charge is 0.270 e. The van der Waals surface area contributed by atoms with E-state index in [1.54, 1.807) is 19.3 Å². The number of thiocarbonyl (C=S) groups is 1. The summed E-state index contributed by atoms with van der Waals surface area (Å²) in [6, 6.07) is 15.1. The average Bonchev–Trinajstić information content (AvgIpc) is 3.12. The van der Waals surface area contributed by atoms with Gasteiger partial charge in [-0.2, -0.15) is 0 Å². The van der Waals surface area contributed by atoms with Crippen molar-refractivity contribution >= 4 is 56.8 Å². The van der Waals surface area contributed by atoms with Gasteiger partial charge in [0.1, 0.15) is 11.3 Å². The van der Waals surface area contributed by atoms with E-state index < -0.39 is 11.8 Å². The Morgan fingerprint density at radius 1 is 1.06 bits per heavy atom. The van der Waals surface area contributed by atoms with Crippen molar-refractivity contribution in [3.63, 3.8) is 0 Å². The summed E-state index contributed by atoms with van der Waals surface area (Å²) in [6.45, 7) is 3.84. The topological polar surface area (TPSA) is 63.6 Å². The number of benzene rings is 2. The number of aromatic nitrogens is 1. The first-order chi connectivity index (χ1) is 15.3. The van der Waals surface area contributed by atoms with E-state index in [0.29, 0.717) is 5.69 Å². The van der Waals surface area contributed by atoms with E-state index in [4.69, 9.17) is 17.0 Å². The molecule has 0 bridgehead atoms. The first-order valence-electron chi connectivity index (χ1n) is 9.79. The molecule has 32 heavy (non-hydrogen) atoms. The Labute approximate surface area is 199 Å². The summed E-state index contributed by atoms with van der Waals surface area (Å²) in [5, 5.41) is 2.70. The SMILES string of the molecule is COc1ccc(-n2cc(/C=C3/C(=O)NC(=S)N(c4ccc(Br)cc4C)C3=O)cc2C)cc1. The number of rotatable bonds is 4. The van der Waals surface area contributed by atoms with Gasteiger partial charge in [-0.15, -0.1) is 0 Å². The number of carbonyl (C=O) groups is 2. The van der Waals surface area contributed by atoms with Crippen molar-refractivity contribution in [2.45, 2.75) is 13.8 Å². The minimum atomic E-state index is -0.513. The number of anilines is 1. The number of ether oxygens (including phenoxy) is 1. The van der Waals surface area contributed by atoms with Crippen molar-refractivity contribution in [3.8, 4) is 11.4 Å². The monoisotopic (exact) mass is 509 g/mol. The molecule has 2 heterocycles. The number of methoxy groups -OCH3 is 1. The lowest BCUT2D eigenvalue weighted by Crippen LogP contribution is -2.54. The second-order valence-corrected chi connectivity index (χ2v) is 8.67. The highest BCUT2D eigenvalue weighted by Crippen LogP contribution is 2.28. The van der Waals surface area contributed by atoms with Gasteiger partial charge in [0.15, 0.2) is 5.11 Å². The molecule has 0 radical (unpaired) electrons. The predicted octanol–water partition coefficient (Wildman–Crippen LogP) is 4.70. The maximum absolute atomic E-state index is 13.3. The number of nitrogens with one attached hydrogen (secondary N) is 1. The Hall–Kier alpha value is -3.23. The summed E-state index contributed by atoms with van der Waals surface area (Å²) >= 11 is 8.73. The van der Waals surface area contributed by atoms with Gasteiger partial charge in [0.25, 0.3) is 11.8 Å². The summed E-state index contributed by atoms with van der Waals surface area (Å²) in [5.41, 5.74) is 4.14. The summed E-state index contributed by atoms with van der Waals surface area (Å²) in [7, 11) is 1.62. The molecule has 8 heteroatoms. The normalized spacial score (nSPS) is 15.3. The number of amides is 2. The van der Waals surface area contributed by atoms with Crippen molar-refractivity contribution in [2.24, 2.45) is 0 Å². The molecule has 1 N–H and O–H groups in total. The molecule has 3 aromatic rings. The maximum Gasteiger partial charge on any atom is 0.270 e. The van der Waals surface area contributed by atoms with E-state index in [9.17, 15) is 9.59 Å². The highest BCUT2D eigenvalue weighted by molar-refractivity contribution is 9.10. The van der Waals surface area contributed by atoms with Gasteiger partial charge in [0.05, 0.1) is 12.8 Å². The number of nitrogens with zero attached hydrogens (tertiary/aromatic N) is 2. The van der Waals surface area contributed by atoms with Crippen LogP contribution in [0.3, 0.4) is 0 Å². The summed E-state index contributed by atoms with van der Waals surface area (Å²) in [5.74, 6) is -0.204. The van der Waals surface area contributed by atoms with Crippen molar-refractivity contribution in [1.82, 2.24) is 9.88 Å². The van der Waals surface area contributed by atoms with Gasteiger partial charge in [-0.1, -0.05) is 15.9 Å². The Balaban J connectivity index is 1.70. The van der Waals surface area contributed by atoms with Crippen LogP contribution >= 0.6 is 28.1 Å². The molecule has 1 aliphatic heterocycles. The van der Waals surface area contributed by atoms with Gasteiger partial charge in [-0.3, -0.25) is 19.8 Å². The van der Waals surface area contributed by atoms with Crippen LogP contribution in [0.5, 0.6) is 5.75 Å². The largest absolute Gasteiger partial charge is 0.497 e. The maximum atomic E-state index is 13.3. The van der Waals surface area contributed by atoms with Crippen LogP contribution in [-0.4, -0.2) is 28.6 Å². The minimum Gasteiger partial charge on any atom is -0.497 e. The van der Waals surface area contributed by atoms with E-state index in [1.807, 2.05) is 67.1 Å². The molecule has 0 saturated carbocycles. The molecule has 4 rings (SSSR count). The molecule has 162 valence electrons. The molecule has 6 nitrogen and oxygen atoms in total. The molecule has 2 amide bonds. The first kappa shape index (κ1) is 22.0. The lowest BCUT2D eigenvalue weighted by molar-refractivity contribution is -0.122. The van der Waals surface area contributed by atoms with Crippen LogP contribution in [0.25, 0.3) is 11.8 Å². The van der Waals surface area contributed by atoms with Crippen LogP contribution < -0.4 is 15.0 Å². The molecular weight excluding hydrogens is 490 g/mol. The van der Waals surface area contributed by atoms with Crippen LogP contribution in [0.15, 0.2) is 64.8 Å². The third-order valence-corrected chi connectivity index (χ3v) is 5.97. The Kier molecular flexibility index (Phi) is 5.99. The zero-order chi connectivity index (χ0) is 23.0. The number of carbonyl (C=O) groups excluding carboxylic acids is 2. The second kappa shape index (κ2) is 8.72. The summed E-state index contributed by atoms with van der Waals surface area (Å²) in [6.07, 6.45) is 3.47. The van der Waals surface area contributed by atoms with Crippen LogP contribution in [-0.2, 0) is 9.59 Å². The number of aryl methyl sites for hydroxylation is 2. The quantitative estimate of drug-likeness (QED) is 0.314. The number of hydrogen-bond donors (Lipinski definition) is 1. The van der Waals surface area contributed by atoms with Crippen LogP contribution in [0.2, 0.25) is 0 Å². The van der Waals surface area contributed by atoms with Crippen LogP contribution in [0.4, 0.5) is 5.69 Å². The van der Waals surface area contributed by atoms with Gasteiger partial charge >= 0.3 is 0 Å². The van der Waals surface area contributed by atoms with Crippen molar-refractivity contribution in [1.29, 1.82) is 0 Å². The molecule has 0 aliphatic carbocycles. The highest BCUT2D eigenvalue weighted by Gasteiger charge is 2.35. The molecule has 1 fully saturated rings. The fourth-order valence-electron chi connectivity index (χ4n) is 3.61. The molecule has 0 unspecified atom stereocenters. The Morgan fingerprint density at radius 2 is 1.78 bits per heavy atom. The lowest BCUT2D eigenvalue weighted by atomic mass is 10.1. The summed E-state index contributed by atoms with van der Waals surface area (Å²) < 4.78 is 8.09. The summed E-state index contributed by atoms with van der Waals surface area (Å²) in [4.78, 5) is 27.3. The zero-order valence-electron chi connectivity index (χ0n) is 17.7. The Bertz CT molecular complexity index is 1280. The van der Waals surface area contributed by atoms with Gasteiger partial charge < -0.3 is 9.30 Å².